The molecular weight excluding hydrogens is 272 g/mol. The number of carbonyl (C=O) groups is 1. The zero-order chi connectivity index (χ0) is 16.1. The van der Waals surface area contributed by atoms with Crippen molar-refractivity contribution < 1.29 is 9.69 Å². The normalized spacial score (nSPS) is 21.6. The minimum Gasteiger partial charge on any atom is -0.343 e. The predicted molar refractivity (Wildman–Crippen MR) is 91.0 cm³/mol. The van der Waals surface area contributed by atoms with Crippen molar-refractivity contribution in [2.75, 3.05) is 26.2 Å². The van der Waals surface area contributed by atoms with Gasteiger partial charge in [0.15, 0.2) is 0 Å². The van der Waals surface area contributed by atoms with Gasteiger partial charge in [-0.1, -0.05) is 23.8 Å². The minimum atomic E-state index is 0.217. The number of nitrogens with zero attached hydrogens (tertiary/aromatic N) is 1. The van der Waals surface area contributed by atoms with E-state index in [1.54, 1.807) is 4.90 Å². The Labute approximate surface area is 135 Å². The second kappa shape index (κ2) is 7.77. The highest BCUT2D eigenvalue weighted by Gasteiger charge is 2.30. The largest absolute Gasteiger partial charge is 0.343 e. The van der Waals surface area contributed by atoms with E-state index < -0.39 is 0 Å². The molecule has 0 aliphatic carbocycles. The standard InChI is InChI=1S/C19H30N2O/c1-5-21(6-2)19(22)18-8-7-11-20(14-18)13-17-10-9-15(3)12-16(17)4/h9-10,12,18H,5-8,11,13-14H2,1-4H3/p+1/t18-/m1/s1. The van der Waals surface area contributed by atoms with Crippen LogP contribution in [0.15, 0.2) is 18.2 Å². The summed E-state index contributed by atoms with van der Waals surface area (Å²) in [5.74, 6) is 0.581. The van der Waals surface area contributed by atoms with Crippen molar-refractivity contribution in [3.8, 4) is 0 Å². The summed E-state index contributed by atoms with van der Waals surface area (Å²) in [4.78, 5) is 16.1. The summed E-state index contributed by atoms with van der Waals surface area (Å²) in [6.07, 6.45) is 2.23. The maximum atomic E-state index is 12.6. The Bertz CT molecular complexity index is 508. The van der Waals surface area contributed by atoms with Crippen molar-refractivity contribution in [2.24, 2.45) is 5.92 Å². The van der Waals surface area contributed by atoms with Gasteiger partial charge in [-0.05, 0) is 46.1 Å². The van der Waals surface area contributed by atoms with Crippen LogP contribution in [0, 0.1) is 19.8 Å². The van der Waals surface area contributed by atoms with Gasteiger partial charge in [0.1, 0.15) is 6.54 Å². The molecule has 0 saturated carbocycles. The fourth-order valence-corrected chi connectivity index (χ4v) is 3.63. The first-order valence-corrected chi connectivity index (χ1v) is 8.73. The summed E-state index contributed by atoms with van der Waals surface area (Å²) in [6, 6.07) is 6.72. The topological polar surface area (TPSA) is 24.8 Å². The summed E-state index contributed by atoms with van der Waals surface area (Å²) < 4.78 is 0. The number of carbonyl (C=O) groups excluding carboxylic acids is 1. The van der Waals surface area contributed by atoms with Crippen LogP contribution in [0.1, 0.15) is 43.4 Å². The molecule has 0 aromatic heterocycles. The Morgan fingerprint density at radius 1 is 1.27 bits per heavy atom. The average molecular weight is 303 g/mol. The number of aryl methyl sites for hydroxylation is 2. The first-order valence-electron chi connectivity index (χ1n) is 8.73. The van der Waals surface area contributed by atoms with Gasteiger partial charge < -0.3 is 9.80 Å². The number of piperidine rings is 1. The van der Waals surface area contributed by atoms with Gasteiger partial charge in [0.05, 0.1) is 19.0 Å². The second-order valence-electron chi connectivity index (χ2n) is 6.66. The Morgan fingerprint density at radius 3 is 2.64 bits per heavy atom. The molecule has 1 aliphatic heterocycles. The molecular formula is C19H31N2O+. The number of rotatable bonds is 5. The van der Waals surface area contributed by atoms with Crippen LogP contribution in [0.5, 0.6) is 0 Å². The van der Waals surface area contributed by atoms with Crippen LogP contribution in [0.3, 0.4) is 0 Å². The number of quaternary nitrogens is 1. The zero-order valence-corrected chi connectivity index (χ0v) is 14.6. The first kappa shape index (κ1) is 17.0. The van der Waals surface area contributed by atoms with Gasteiger partial charge in [-0.2, -0.15) is 0 Å². The fraction of sp³-hybridized carbons (Fsp3) is 0.632. The molecule has 122 valence electrons. The molecule has 1 amide bonds. The van der Waals surface area contributed by atoms with Crippen LogP contribution in [0.25, 0.3) is 0 Å². The van der Waals surface area contributed by atoms with Crippen LogP contribution >= 0.6 is 0 Å². The molecule has 1 heterocycles. The van der Waals surface area contributed by atoms with Gasteiger partial charge in [-0.25, -0.2) is 0 Å². The zero-order valence-electron chi connectivity index (χ0n) is 14.6. The van der Waals surface area contributed by atoms with Crippen molar-refractivity contribution in [1.82, 2.24) is 4.90 Å². The summed E-state index contributed by atoms with van der Waals surface area (Å²) >= 11 is 0. The number of likely N-dealkylation sites (tertiary alicyclic amines) is 1. The van der Waals surface area contributed by atoms with E-state index in [0.717, 1.165) is 39.0 Å². The third kappa shape index (κ3) is 4.10. The Hall–Kier alpha value is -1.35. The van der Waals surface area contributed by atoms with Crippen molar-refractivity contribution in [2.45, 2.75) is 47.1 Å². The van der Waals surface area contributed by atoms with E-state index in [2.05, 4.69) is 45.9 Å². The number of hydrogen-bond acceptors (Lipinski definition) is 1. The highest BCUT2D eigenvalue weighted by Crippen LogP contribution is 2.13. The fourth-order valence-electron chi connectivity index (χ4n) is 3.63. The first-order chi connectivity index (χ1) is 10.5. The molecule has 3 nitrogen and oxygen atoms in total. The van der Waals surface area contributed by atoms with E-state index in [9.17, 15) is 4.79 Å². The maximum absolute atomic E-state index is 12.6. The molecule has 3 heteroatoms. The van der Waals surface area contributed by atoms with E-state index in [-0.39, 0.29) is 5.92 Å². The molecule has 1 aliphatic rings. The molecule has 0 spiro atoms. The molecule has 0 radical (unpaired) electrons. The Kier molecular flexibility index (Phi) is 6.01. The quantitative estimate of drug-likeness (QED) is 0.884. The molecule has 0 bridgehead atoms. The smallest absolute Gasteiger partial charge is 0.231 e. The predicted octanol–water partition coefficient (Wildman–Crippen LogP) is 1.97. The Balaban J connectivity index is 2.00. The van der Waals surface area contributed by atoms with Gasteiger partial charge in [-0.15, -0.1) is 0 Å². The third-order valence-electron chi connectivity index (χ3n) is 4.98. The van der Waals surface area contributed by atoms with Crippen LogP contribution in [0.4, 0.5) is 0 Å². The van der Waals surface area contributed by atoms with E-state index in [4.69, 9.17) is 0 Å². The van der Waals surface area contributed by atoms with Crippen molar-refractivity contribution in [1.29, 1.82) is 0 Å². The van der Waals surface area contributed by atoms with E-state index in [1.807, 2.05) is 4.90 Å². The summed E-state index contributed by atoms with van der Waals surface area (Å²) in [6.45, 7) is 13.4. The third-order valence-corrected chi connectivity index (χ3v) is 4.98. The van der Waals surface area contributed by atoms with Crippen molar-refractivity contribution in [3.63, 3.8) is 0 Å². The van der Waals surface area contributed by atoms with E-state index in [1.165, 1.54) is 23.2 Å². The van der Waals surface area contributed by atoms with Gasteiger partial charge >= 0.3 is 0 Å². The molecule has 1 aromatic rings. The number of benzene rings is 1. The Morgan fingerprint density at radius 2 is 2.00 bits per heavy atom. The average Bonchev–Trinajstić information content (AvgIpc) is 2.51. The lowest BCUT2D eigenvalue weighted by atomic mass is 9.95. The number of amides is 1. The SMILES string of the molecule is CCN(CC)C(=O)[C@@H]1CCC[NH+](Cc2ccc(C)cc2C)C1. The molecule has 1 fully saturated rings. The molecule has 1 unspecified atom stereocenters. The molecule has 22 heavy (non-hydrogen) atoms. The van der Waals surface area contributed by atoms with E-state index in [0.29, 0.717) is 5.91 Å². The van der Waals surface area contributed by atoms with Gasteiger partial charge in [0, 0.05) is 18.7 Å². The number of hydrogen-bond donors (Lipinski definition) is 1. The molecule has 1 saturated heterocycles. The molecule has 1 aromatic carbocycles. The monoisotopic (exact) mass is 303 g/mol. The number of nitrogens with one attached hydrogen (secondary N) is 1. The van der Waals surface area contributed by atoms with Crippen molar-refractivity contribution in [3.05, 3.63) is 34.9 Å². The summed E-state index contributed by atoms with van der Waals surface area (Å²) in [5, 5.41) is 0. The van der Waals surface area contributed by atoms with Gasteiger partial charge in [-0.3, -0.25) is 4.79 Å². The van der Waals surface area contributed by atoms with Crippen LogP contribution < -0.4 is 4.90 Å². The lowest BCUT2D eigenvalue weighted by Crippen LogP contribution is -3.12. The van der Waals surface area contributed by atoms with Gasteiger partial charge in [0.2, 0.25) is 5.91 Å². The summed E-state index contributed by atoms with van der Waals surface area (Å²) in [5.41, 5.74) is 4.13. The van der Waals surface area contributed by atoms with E-state index >= 15 is 0 Å². The highest BCUT2D eigenvalue weighted by atomic mass is 16.2. The highest BCUT2D eigenvalue weighted by molar-refractivity contribution is 5.78. The maximum Gasteiger partial charge on any atom is 0.231 e. The summed E-state index contributed by atoms with van der Waals surface area (Å²) in [7, 11) is 0. The van der Waals surface area contributed by atoms with Crippen molar-refractivity contribution >= 4 is 5.91 Å². The van der Waals surface area contributed by atoms with Crippen LogP contribution in [-0.4, -0.2) is 37.0 Å². The van der Waals surface area contributed by atoms with Gasteiger partial charge in [0.25, 0.3) is 0 Å². The lowest BCUT2D eigenvalue weighted by molar-refractivity contribution is -0.921. The minimum absolute atomic E-state index is 0.217. The lowest BCUT2D eigenvalue weighted by Gasteiger charge is -2.32. The second-order valence-corrected chi connectivity index (χ2v) is 6.66. The molecule has 1 N–H and O–H groups in total. The van der Waals surface area contributed by atoms with Crippen LogP contribution in [0.2, 0.25) is 0 Å². The molecule has 2 atom stereocenters. The molecule has 2 rings (SSSR count). The van der Waals surface area contributed by atoms with Crippen LogP contribution in [-0.2, 0) is 11.3 Å².